The van der Waals surface area contributed by atoms with Crippen LogP contribution in [0.25, 0.3) is 0 Å². The Hall–Kier alpha value is -1.36. The summed E-state index contributed by atoms with van der Waals surface area (Å²) in [6.45, 7) is 0.758. The van der Waals surface area contributed by atoms with E-state index in [1.54, 1.807) is 7.11 Å². The van der Waals surface area contributed by atoms with Gasteiger partial charge in [0.2, 0.25) is 0 Å². The fourth-order valence-electron chi connectivity index (χ4n) is 3.62. The summed E-state index contributed by atoms with van der Waals surface area (Å²) in [4.78, 5) is 27.6. The number of methoxy groups -OCH3 is 1. The second kappa shape index (κ2) is 6.18. The molecule has 0 spiro atoms. The molecule has 2 aliphatic rings. The molecule has 0 radical (unpaired) electrons. The van der Waals surface area contributed by atoms with Crippen LogP contribution in [-0.4, -0.2) is 36.3 Å². The minimum Gasteiger partial charge on any atom is -0.495 e. The van der Waals surface area contributed by atoms with Crippen LogP contribution in [0, 0.1) is 5.92 Å². The molecular weight excluding hydrogens is 286 g/mol. The summed E-state index contributed by atoms with van der Waals surface area (Å²) in [5.74, 6) is 1.08. The predicted octanol–water partition coefficient (Wildman–Crippen LogP) is 3.12. The van der Waals surface area contributed by atoms with Gasteiger partial charge >= 0.3 is 0 Å². The maximum absolute atomic E-state index is 12.8. The standard InChI is InChI=1S/C16H21NO3S/c1-20-14-8-10-21-15(14)16(19)17-9-4-6-12(17)11-5-2-3-7-13(11)18/h8,10-12H,2-7,9H2,1H3. The number of ketones is 1. The van der Waals surface area contributed by atoms with E-state index in [-0.39, 0.29) is 17.9 Å². The second-order valence-electron chi connectivity index (χ2n) is 5.84. The summed E-state index contributed by atoms with van der Waals surface area (Å²) >= 11 is 1.42. The van der Waals surface area contributed by atoms with Gasteiger partial charge in [-0.1, -0.05) is 6.42 Å². The fraction of sp³-hybridized carbons (Fsp3) is 0.625. The molecule has 2 heterocycles. The molecule has 21 heavy (non-hydrogen) atoms. The zero-order chi connectivity index (χ0) is 14.8. The Bertz CT molecular complexity index is 539. The summed E-state index contributed by atoms with van der Waals surface area (Å²) in [7, 11) is 1.59. The van der Waals surface area contributed by atoms with E-state index in [2.05, 4.69) is 0 Å². The Labute approximate surface area is 129 Å². The van der Waals surface area contributed by atoms with E-state index in [4.69, 9.17) is 4.74 Å². The Morgan fingerprint density at radius 1 is 1.33 bits per heavy atom. The zero-order valence-electron chi connectivity index (χ0n) is 12.3. The highest BCUT2D eigenvalue weighted by Gasteiger charge is 2.39. The van der Waals surface area contributed by atoms with E-state index in [0.717, 1.165) is 38.6 Å². The lowest BCUT2D eigenvalue weighted by Crippen LogP contribution is -2.43. The first-order valence-electron chi connectivity index (χ1n) is 7.67. The molecule has 1 saturated carbocycles. The van der Waals surface area contributed by atoms with Crippen LogP contribution in [0.3, 0.4) is 0 Å². The van der Waals surface area contributed by atoms with E-state index in [0.29, 0.717) is 22.8 Å². The van der Waals surface area contributed by atoms with Crippen molar-refractivity contribution in [2.24, 2.45) is 5.92 Å². The molecule has 1 aliphatic carbocycles. The van der Waals surface area contributed by atoms with Crippen LogP contribution in [-0.2, 0) is 4.79 Å². The van der Waals surface area contributed by atoms with Gasteiger partial charge < -0.3 is 9.64 Å². The lowest BCUT2D eigenvalue weighted by atomic mass is 9.82. The molecule has 2 atom stereocenters. The van der Waals surface area contributed by atoms with E-state index in [1.165, 1.54) is 11.3 Å². The molecule has 1 amide bonds. The third-order valence-corrected chi connectivity index (χ3v) is 5.55. The number of hydrogen-bond donors (Lipinski definition) is 0. The second-order valence-corrected chi connectivity index (χ2v) is 6.76. The molecule has 0 aromatic carbocycles. The summed E-state index contributed by atoms with van der Waals surface area (Å²) in [5.41, 5.74) is 0. The minimum absolute atomic E-state index is 0.0303. The van der Waals surface area contributed by atoms with E-state index in [9.17, 15) is 9.59 Å². The number of likely N-dealkylation sites (tertiary alicyclic amines) is 1. The zero-order valence-corrected chi connectivity index (χ0v) is 13.2. The van der Waals surface area contributed by atoms with Gasteiger partial charge in [0.25, 0.3) is 5.91 Å². The molecule has 1 saturated heterocycles. The number of thiophene rings is 1. The summed E-state index contributed by atoms with van der Waals surface area (Å²) in [6.07, 6.45) is 5.69. The van der Waals surface area contributed by atoms with Gasteiger partial charge in [-0.05, 0) is 37.1 Å². The Balaban J connectivity index is 1.80. The molecule has 2 fully saturated rings. The molecule has 5 heteroatoms. The Morgan fingerprint density at radius 2 is 2.19 bits per heavy atom. The number of hydrogen-bond acceptors (Lipinski definition) is 4. The summed E-state index contributed by atoms with van der Waals surface area (Å²) in [5, 5.41) is 1.88. The van der Waals surface area contributed by atoms with Crippen molar-refractivity contribution in [3.8, 4) is 5.75 Å². The van der Waals surface area contributed by atoms with Crippen LogP contribution in [0.5, 0.6) is 5.75 Å². The van der Waals surface area contributed by atoms with Gasteiger partial charge in [-0.25, -0.2) is 0 Å². The lowest BCUT2D eigenvalue weighted by Gasteiger charge is -2.33. The Morgan fingerprint density at radius 3 is 2.95 bits per heavy atom. The van der Waals surface area contributed by atoms with Crippen molar-refractivity contribution >= 4 is 23.0 Å². The summed E-state index contributed by atoms with van der Waals surface area (Å²) in [6, 6.07) is 1.92. The van der Waals surface area contributed by atoms with E-state index >= 15 is 0 Å². The van der Waals surface area contributed by atoms with Gasteiger partial charge in [-0.3, -0.25) is 9.59 Å². The molecule has 1 aromatic heterocycles. The number of ether oxygens (including phenoxy) is 1. The number of rotatable bonds is 3. The van der Waals surface area contributed by atoms with Gasteiger partial charge in [0.05, 0.1) is 7.11 Å². The van der Waals surface area contributed by atoms with Gasteiger partial charge in [-0.2, -0.15) is 0 Å². The van der Waals surface area contributed by atoms with Crippen molar-refractivity contribution in [1.82, 2.24) is 4.90 Å². The largest absolute Gasteiger partial charge is 0.495 e. The van der Waals surface area contributed by atoms with Crippen molar-refractivity contribution < 1.29 is 14.3 Å². The molecule has 1 aliphatic heterocycles. The molecule has 2 unspecified atom stereocenters. The van der Waals surface area contributed by atoms with E-state index in [1.807, 2.05) is 16.3 Å². The van der Waals surface area contributed by atoms with E-state index < -0.39 is 0 Å². The third-order valence-electron chi connectivity index (χ3n) is 4.67. The number of carbonyl (C=O) groups is 2. The first-order valence-corrected chi connectivity index (χ1v) is 8.55. The Kier molecular flexibility index (Phi) is 4.29. The quantitative estimate of drug-likeness (QED) is 0.862. The molecule has 3 rings (SSSR count). The minimum atomic E-state index is 0.0303. The number of amides is 1. The highest BCUT2D eigenvalue weighted by atomic mass is 32.1. The highest BCUT2D eigenvalue weighted by Crippen LogP contribution is 2.35. The van der Waals surface area contributed by atoms with Crippen molar-refractivity contribution in [3.63, 3.8) is 0 Å². The molecule has 4 nitrogen and oxygen atoms in total. The monoisotopic (exact) mass is 307 g/mol. The molecule has 114 valence electrons. The van der Waals surface area contributed by atoms with Crippen LogP contribution in [0.2, 0.25) is 0 Å². The van der Waals surface area contributed by atoms with Crippen molar-refractivity contribution in [2.75, 3.05) is 13.7 Å². The highest BCUT2D eigenvalue weighted by molar-refractivity contribution is 7.12. The topological polar surface area (TPSA) is 46.6 Å². The SMILES string of the molecule is COc1ccsc1C(=O)N1CCCC1C1CCCCC1=O. The number of carbonyl (C=O) groups excluding carboxylic acids is 2. The van der Waals surface area contributed by atoms with Crippen LogP contribution in [0.4, 0.5) is 0 Å². The molecule has 0 N–H and O–H groups in total. The summed E-state index contributed by atoms with van der Waals surface area (Å²) < 4.78 is 5.26. The van der Waals surface area contributed by atoms with Crippen LogP contribution < -0.4 is 4.74 Å². The van der Waals surface area contributed by atoms with Crippen LogP contribution >= 0.6 is 11.3 Å². The maximum atomic E-state index is 12.8. The van der Waals surface area contributed by atoms with Crippen LogP contribution in [0.1, 0.15) is 48.2 Å². The molecule has 0 bridgehead atoms. The smallest absolute Gasteiger partial charge is 0.268 e. The first kappa shape index (κ1) is 14.6. The first-order chi connectivity index (χ1) is 10.2. The maximum Gasteiger partial charge on any atom is 0.268 e. The van der Waals surface area contributed by atoms with Crippen molar-refractivity contribution in [3.05, 3.63) is 16.3 Å². The molecule has 1 aromatic rings. The van der Waals surface area contributed by atoms with Gasteiger partial charge in [-0.15, -0.1) is 11.3 Å². The van der Waals surface area contributed by atoms with Crippen molar-refractivity contribution in [1.29, 1.82) is 0 Å². The fourth-order valence-corrected chi connectivity index (χ4v) is 4.44. The number of nitrogens with zero attached hydrogens (tertiary/aromatic N) is 1. The van der Waals surface area contributed by atoms with Gasteiger partial charge in [0.1, 0.15) is 16.4 Å². The molecular formula is C16H21NO3S. The third kappa shape index (κ3) is 2.71. The number of Topliss-reactive ketones (excluding diaryl/α,β-unsaturated/α-hetero) is 1. The average molecular weight is 307 g/mol. The van der Waals surface area contributed by atoms with Gasteiger partial charge in [0.15, 0.2) is 0 Å². The van der Waals surface area contributed by atoms with Crippen molar-refractivity contribution in [2.45, 2.75) is 44.6 Å². The average Bonchev–Trinajstić information content (AvgIpc) is 3.16. The van der Waals surface area contributed by atoms with Crippen LogP contribution in [0.15, 0.2) is 11.4 Å². The predicted molar refractivity (Wildman–Crippen MR) is 81.9 cm³/mol. The lowest BCUT2D eigenvalue weighted by molar-refractivity contribution is -0.126. The van der Waals surface area contributed by atoms with Gasteiger partial charge in [0, 0.05) is 24.9 Å². The normalized spacial score (nSPS) is 26.1.